The third-order valence-electron chi connectivity index (χ3n) is 2.54. The van der Waals surface area contributed by atoms with Gasteiger partial charge in [-0.2, -0.15) is 0 Å². The normalized spacial score (nSPS) is 10.6. The molecule has 0 unspecified atom stereocenters. The van der Waals surface area contributed by atoms with Gasteiger partial charge >= 0.3 is 0 Å². The van der Waals surface area contributed by atoms with Gasteiger partial charge in [-0.1, -0.05) is 0 Å². The molecular formula is C14H13FO2S. The van der Waals surface area contributed by atoms with E-state index >= 15 is 0 Å². The molecule has 0 bridgehead atoms. The second kappa shape index (κ2) is 5.87. The smallest absolute Gasteiger partial charge is 0.172 e. The van der Waals surface area contributed by atoms with Crippen LogP contribution in [0.4, 0.5) is 4.39 Å². The maximum absolute atomic E-state index is 13.1. The van der Waals surface area contributed by atoms with Crippen LogP contribution in [0, 0.1) is 12.7 Å². The lowest BCUT2D eigenvalue weighted by Crippen LogP contribution is -2.03. The van der Waals surface area contributed by atoms with Gasteiger partial charge in [-0.15, -0.1) is 11.8 Å². The van der Waals surface area contributed by atoms with Gasteiger partial charge in [0.1, 0.15) is 11.6 Å². The number of furan rings is 1. The Morgan fingerprint density at radius 1 is 1.39 bits per heavy atom. The Morgan fingerprint density at radius 3 is 2.89 bits per heavy atom. The molecule has 0 saturated heterocycles. The third-order valence-corrected chi connectivity index (χ3v) is 3.49. The monoisotopic (exact) mass is 264 g/mol. The predicted molar refractivity (Wildman–Crippen MR) is 70.3 cm³/mol. The summed E-state index contributed by atoms with van der Waals surface area (Å²) in [4.78, 5) is 11.9. The van der Waals surface area contributed by atoms with Crippen LogP contribution in [0.25, 0.3) is 0 Å². The van der Waals surface area contributed by atoms with Crippen molar-refractivity contribution < 1.29 is 13.6 Å². The quantitative estimate of drug-likeness (QED) is 0.768. The Kier molecular flexibility index (Phi) is 4.20. The van der Waals surface area contributed by atoms with E-state index in [2.05, 4.69) is 0 Å². The van der Waals surface area contributed by atoms with Gasteiger partial charge in [0.15, 0.2) is 5.78 Å². The molecule has 0 atom stereocenters. The molecular weight excluding hydrogens is 251 g/mol. The first-order chi connectivity index (χ1) is 8.66. The van der Waals surface area contributed by atoms with E-state index in [0.717, 1.165) is 5.76 Å². The largest absolute Gasteiger partial charge is 0.468 e. The van der Waals surface area contributed by atoms with E-state index in [1.165, 1.54) is 23.9 Å². The number of aryl methyl sites for hydroxylation is 1. The molecule has 0 N–H and O–H groups in total. The molecule has 1 aromatic carbocycles. The van der Waals surface area contributed by atoms with E-state index in [9.17, 15) is 9.18 Å². The van der Waals surface area contributed by atoms with E-state index in [4.69, 9.17) is 4.42 Å². The van der Waals surface area contributed by atoms with Crippen molar-refractivity contribution in [2.45, 2.75) is 12.7 Å². The fourth-order valence-corrected chi connectivity index (χ4v) is 2.36. The number of rotatable bonds is 5. The first-order valence-corrected chi connectivity index (χ1v) is 6.72. The van der Waals surface area contributed by atoms with Crippen molar-refractivity contribution in [3.63, 3.8) is 0 Å². The summed E-state index contributed by atoms with van der Waals surface area (Å²) < 4.78 is 18.2. The zero-order valence-corrected chi connectivity index (χ0v) is 10.8. The lowest BCUT2D eigenvalue weighted by Gasteiger charge is -2.02. The Morgan fingerprint density at radius 2 is 2.22 bits per heavy atom. The minimum Gasteiger partial charge on any atom is -0.468 e. The van der Waals surface area contributed by atoms with E-state index in [-0.39, 0.29) is 11.6 Å². The number of Topliss-reactive ketones (excluding diaryl/α,β-unsaturated/α-hetero) is 1. The van der Waals surface area contributed by atoms with Crippen LogP contribution in [0.1, 0.15) is 21.7 Å². The summed E-state index contributed by atoms with van der Waals surface area (Å²) >= 11 is 1.49. The first kappa shape index (κ1) is 12.9. The lowest BCUT2D eigenvalue weighted by molar-refractivity contribution is 0.102. The zero-order chi connectivity index (χ0) is 13.0. The predicted octanol–water partition coefficient (Wildman–Crippen LogP) is 3.84. The fourth-order valence-electron chi connectivity index (χ4n) is 1.54. The summed E-state index contributed by atoms with van der Waals surface area (Å²) in [6.07, 6.45) is 1.61. The highest BCUT2D eigenvalue weighted by atomic mass is 32.2. The molecule has 2 rings (SSSR count). The third kappa shape index (κ3) is 3.23. The number of carbonyl (C=O) groups excluding carboxylic acids is 1. The van der Waals surface area contributed by atoms with Crippen molar-refractivity contribution >= 4 is 17.5 Å². The fraction of sp³-hybridized carbons (Fsp3) is 0.214. The van der Waals surface area contributed by atoms with E-state index in [1.54, 1.807) is 19.3 Å². The molecule has 0 aliphatic rings. The molecule has 0 fully saturated rings. The summed E-state index contributed by atoms with van der Waals surface area (Å²) in [6, 6.07) is 8.14. The highest BCUT2D eigenvalue weighted by molar-refractivity contribution is 7.99. The molecule has 94 valence electrons. The van der Waals surface area contributed by atoms with Gasteiger partial charge in [0, 0.05) is 5.56 Å². The van der Waals surface area contributed by atoms with Gasteiger partial charge in [-0.25, -0.2) is 4.39 Å². The Labute approximate surface area is 109 Å². The summed E-state index contributed by atoms with van der Waals surface area (Å²) in [7, 11) is 0. The topological polar surface area (TPSA) is 30.2 Å². The lowest BCUT2D eigenvalue weighted by atomic mass is 10.1. The second-order valence-corrected chi connectivity index (χ2v) is 4.94. The summed E-state index contributed by atoms with van der Waals surface area (Å²) in [6.45, 7) is 1.65. The van der Waals surface area contributed by atoms with Crippen LogP contribution in [0.5, 0.6) is 0 Å². The number of hydrogen-bond donors (Lipinski definition) is 0. The van der Waals surface area contributed by atoms with Gasteiger partial charge in [0.05, 0.1) is 17.8 Å². The van der Waals surface area contributed by atoms with Crippen LogP contribution < -0.4 is 0 Å². The molecule has 0 aliphatic carbocycles. The number of benzene rings is 1. The molecule has 2 aromatic rings. The van der Waals surface area contributed by atoms with Crippen LogP contribution >= 0.6 is 11.8 Å². The van der Waals surface area contributed by atoms with Crippen molar-refractivity contribution in [3.8, 4) is 0 Å². The van der Waals surface area contributed by atoms with Crippen LogP contribution in [0.3, 0.4) is 0 Å². The minimum absolute atomic E-state index is 0.00894. The van der Waals surface area contributed by atoms with Gasteiger partial charge in [-0.3, -0.25) is 4.79 Å². The standard InChI is InChI=1S/C14H13FO2S/c1-10-7-11(4-5-13(10)15)14(16)9-18-8-12-3-2-6-17-12/h2-7H,8-9H2,1H3. The number of hydrogen-bond acceptors (Lipinski definition) is 3. The molecule has 0 amide bonds. The summed E-state index contributed by atoms with van der Waals surface area (Å²) in [5, 5.41) is 0. The molecule has 0 aliphatic heterocycles. The van der Waals surface area contributed by atoms with Gasteiger partial charge in [0.2, 0.25) is 0 Å². The number of carbonyl (C=O) groups is 1. The average molecular weight is 264 g/mol. The maximum atomic E-state index is 13.1. The van der Waals surface area contributed by atoms with Crippen LogP contribution in [-0.2, 0) is 5.75 Å². The van der Waals surface area contributed by atoms with Gasteiger partial charge in [0.25, 0.3) is 0 Å². The van der Waals surface area contributed by atoms with Crippen molar-refractivity contribution in [1.82, 2.24) is 0 Å². The average Bonchev–Trinajstić information content (AvgIpc) is 2.85. The molecule has 4 heteroatoms. The zero-order valence-electron chi connectivity index (χ0n) is 9.98. The maximum Gasteiger partial charge on any atom is 0.172 e. The van der Waals surface area contributed by atoms with Crippen molar-refractivity contribution in [1.29, 1.82) is 0 Å². The van der Waals surface area contributed by atoms with Crippen molar-refractivity contribution in [2.75, 3.05) is 5.75 Å². The van der Waals surface area contributed by atoms with E-state index < -0.39 is 0 Å². The molecule has 0 saturated carbocycles. The summed E-state index contributed by atoms with van der Waals surface area (Å²) in [5.41, 5.74) is 1.05. The van der Waals surface area contributed by atoms with Gasteiger partial charge < -0.3 is 4.42 Å². The number of ketones is 1. The molecule has 1 heterocycles. The molecule has 0 radical (unpaired) electrons. The minimum atomic E-state index is -0.283. The second-order valence-electron chi connectivity index (χ2n) is 3.96. The van der Waals surface area contributed by atoms with Crippen LogP contribution in [-0.4, -0.2) is 11.5 Å². The summed E-state index contributed by atoms with van der Waals surface area (Å²) in [5.74, 6) is 1.61. The number of thioether (sulfide) groups is 1. The first-order valence-electron chi connectivity index (χ1n) is 5.56. The van der Waals surface area contributed by atoms with E-state index in [1.807, 2.05) is 12.1 Å². The molecule has 1 aromatic heterocycles. The van der Waals surface area contributed by atoms with E-state index in [0.29, 0.717) is 22.6 Å². The SMILES string of the molecule is Cc1cc(C(=O)CSCc2ccco2)ccc1F. The van der Waals surface area contributed by atoms with Crippen LogP contribution in [0.2, 0.25) is 0 Å². The Bertz CT molecular complexity index is 535. The number of halogens is 1. The van der Waals surface area contributed by atoms with Gasteiger partial charge in [-0.05, 0) is 42.8 Å². The van der Waals surface area contributed by atoms with Crippen LogP contribution in [0.15, 0.2) is 41.0 Å². The molecule has 18 heavy (non-hydrogen) atoms. The molecule has 2 nitrogen and oxygen atoms in total. The van der Waals surface area contributed by atoms with Crippen molar-refractivity contribution in [2.24, 2.45) is 0 Å². The van der Waals surface area contributed by atoms with Crippen molar-refractivity contribution in [3.05, 3.63) is 59.3 Å². The molecule has 0 spiro atoms. The highest BCUT2D eigenvalue weighted by Crippen LogP contribution is 2.16. The highest BCUT2D eigenvalue weighted by Gasteiger charge is 2.08. The Balaban J connectivity index is 1.89. The Hall–Kier alpha value is -1.55.